The summed E-state index contributed by atoms with van der Waals surface area (Å²) >= 11 is 1.59. The Kier molecular flexibility index (Phi) is 4.01. The van der Waals surface area contributed by atoms with Crippen LogP contribution in [0.2, 0.25) is 0 Å². The van der Waals surface area contributed by atoms with Crippen LogP contribution in [-0.4, -0.2) is 10.9 Å². The molecule has 94 valence electrons. The largest absolute Gasteiger partial charge is 0.456 e. The maximum absolute atomic E-state index is 11.3. The number of carbonyl (C=O) groups is 1. The highest BCUT2D eigenvalue weighted by molar-refractivity contribution is 7.98. The third kappa shape index (κ3) is 2.91. The quantitative estimate of drug-likeness (QED) is 0.381. The van der Waals surface area contributed by atoms with Crippen molar-refractivity contribution in [1.82, 2.24) is 10.4 Å². The first kappa shape index (κ1) is 12.7. The van der Waals surface area contributed by atoms with E-state index in [4.69, 9.17) is 10.3 Å². The van der Waals surface area contributed by atoms with Crippen molar-refractivity contribution in [3.63, 3.8) is 0 Å². The molecule has 0 aliphatic carbocycles. The van der Waals surface area contributed by atoms with Gasteiger partial charge in [0, 0.05) is 17.5 Å². The molecule has 5 nitrogen and oxygen atoms in total. The number of amides is 1. The molecule has 0 aliphatic rings. The van der Waals surface area contributed by atoms with E-state index in [1.54, 1.807) is 24.0 Å². The van der Waals surface area contributed by atoms with Gasteiger partial charge in [-0.15, -0.1) is 11.8 Å². The third-order valence-corrected chi connectivity index (χ3v) is 3.38. The van der Waals surface area contributed by atoms with E-state index >= 15 is 0 Å². The van der Waals surface area contributed by atoms with Crippen LogP contribution in [0.25, 0.3) is 0 Å². The fourth-order valence-corrected chi connectivity index (χ4v) is 2.33. The SMILES string of the molecule is Cc1oc(C(=O)NN)cc1CSc1ccccn1. The number of furan rings is 1. The van der Waals surface area contributed by atoms with Crippen molar-refractivity contribution >= 4 is 17.7 Å². The molecular weight excluding hydrogens is 250 g/mol. The van der Waals surface area contributed by atoms with Gasteiger partial charge in [-0.25, -0.2) is 10.8 Å². The molecule has 6 heteroatoms. The van der Waals surface area contributed by atoms with E-state index in [9.17, 15) is 4.79 Å². The zero-order valence-corrected chi connectivity index (χ0v) is 10.7. The lowest BCUT2D eigenvalue weighted by molar-refractivity contribution is 0.0924. The van der Waals surface area contributed by atoms with Crippen LogP contribution in [0, 0.1) is 6.92 Å². The third-order valence-electron chi connectivity index (χ3n) is 2.39. The minimum Gasteiger partial charge on any atom is -0.456 e. The van der Waals surface area contributed by atoms with Crippen molar-refractivity contribution in [2.75, 3.05) is 0 Å². The first-order valence-corrected chi connectivity index (χ1v) is 6.33. The molecule has 0 spiro atoms. The van der Waals surface area contributed by atoms with E-state index in [1.165, 1.54) is 0 Å². The van der Waals surface area contributed by atoms with Gasteiger partial charge in [-0.3, -0.25) is 10.2 Å². The van der Waals surface area contributed by atoms with Gasteiger partial charge in [-0.05, 0) is 25.1 Å². The number of hydrogen-bond acceptors (Lipinski definition) is 5. The summed E-state index contributed by atoms with van der Waals surface area (Å²) in [6, 6.07) is 7.45. The summed E-state index contributed by atoms with van der Waals surface area (Å²) in [4.78, 5) is 15.5. The number of carbonyl (C=O) groups excluding carboxylic acids is 1. The molecule has 0 radical (unpaired) electrons. The molecule has 0 bridgehead atoms. The lowest BCUT2D eigenvalue weighted by Crippen LogP contribution is -2.29. The van der Waals surface area contributed by atoms with Gasteiger partial charge in [0.25, 0.3) is 0 Å². The molecule has 3 N–H and O–H groups in total. The minimum atomic E-state index is -0.424. The molecule has 0 fully saturated rings. The standard InChI is InChI=1S/C12H13N3O2S/c1-8-9(6-10(17-8)12(16)15-13)7-18-11-4-2-3-5-14-11/h2-6H,7,13H2,1H3,(H,15,16). The van der Waals surface area contributed by atoms with Gasteiger partial charge >= 0.3 is 5.91 Å². The van der Waals surface area contributed by atoms with E-state index in [-0.39, 0.29) is 5.76 Å². The number of nitrogens with one attached hydrogen (secondary N) is 1. The van der Waals surface area contributed by atoms with Gasteiger partial charge in [0.05, 0.1) is 5.03 Å². The van der Waals surface area contributed by atoms with Crippen LogP contribution in [0.3, 0.4) is 0 Å². The number of nitrogens with two attached hydrogens (primary N) is 1. The summed E-state index contributed by atoms with van der Waals surface area (Å²) in [5.41, 5.74) is 3.01. The molecule has 18 heavy (non-hydrogen) atoms. The second-order valence-corrected chi connectivity index (χ2v) is 4.62. The molecule has 0 aromatic carbocycles. The summed E-state index contributed by atoms with van der Waals surface area (Å²) < 4.78 is 5.33. The fourth-order valence-electron chi connectivity index (χ4n) is 1.43. The normalized spacial score (nSPS) is 10.3. The Morgan fingerprint density at radius 3 is 3.06 bits per heavy atom. The van der Waals surface area contributed by atoms with Crippen LogP contribution in [0.5, 0.6) is 0 Å². The smallest absolute Gasteiger partial charge is 0.300 e. The number of pyridine rings is 1. The molecule has 0 saturated carbocycles. The summed E-state index contributed by atoms with van der Waals surface area (Å²) in [5.74, 6) is 6.28. The second-order valence-electron chi connectivity index (χ2n) is 3.62. The van der Waals surface area contributed by atoms with Crippen LogP contribution in [0.15, 0.2) is 39.9 Å². The Labute approximate surface area is 109 Å². The zero-order valence-electron chi connectivity index (χ0n) is 9.84. The number of thioether (sulfide) groups is 1. The maximum Gasteiger partial charge on any atom is 0.300 e. The highest BCUT2D eigenvalue weighted by Crippen LogP contribution is 2.24. The molecule has 0 saturated heterocycles. The molecule has 1 amide bonds. The van der Waals surface area contributed by atoms with E-state index in [0.29, 0.717) is 5.75 Å². The average molecular weight is 263 g/mol. The Bertz CT molecular complexity index is 540. The Hall–Kier alpha value is -1.79. The van der Waals surface area contributed by atoms with E-state index in [2.05, 4.69) is 4.98 Å². The minimum absolute atomic E-state index is 0.228. The monoisotopic (exact) mass is 263 g/mol. The first-order valence-electron chi connectivity index (χ1n) is 5.35. The summed E-state index contributed by atoms with van der Waals surface area (Å²) in [5, 5.41) is 0.933. The van der Waals surface area contributed by atoms with Gasteiger partial charge < -0.3 is 4.42 Å². The summed E-state index contributed by atoms with van der Waals surface area (Å²) in [7, 11) is 0. The lowest BCUT2D eigenvalue weighted by atomic mass is 10.3. The van der Waals surface area contributed by atoms with Gasteiger partial charge in [0.15, 0.2) is 5.76 Å². The lowest BCUT2D eigenvalue weighted by Gasteiger charge is -1.98. The molecule has 0 atom stereocenters. The zero-order chi connectivity index (χ0) is 13.0. The number of rotatable bonds is 4. The van der Waals surface area contributed by atoms with Crippen molar-refractivity contribution in [3.8, 4) is 0 Å². The van der Waals surface area contributed by atoms with Crippen molar-refractivity contribution in [1.29, 1.82) is 0 Å². The fraction of sp³-hybridized carbons (Fsp3) is 0.167. The Morgan fingerprint density at radius 2 is 2.39 bits per heavy atom. The number of nitrogen functional groups attached to an aromatic ring is 1. The van der Waals surface area contributed by atoms with Gasteiger partial charge in [-0.2, -0.15) is 0 Å². The van der Waals surface area contributed by atoms with Crippen LogP contribution < -0.4 is 11.3 Å². The van der Waals surface area contributed by atoms with E-state index < -0.39 is 5.91 Å². The Morgan fingerprint density at radius 1 is 1.56 bits per heavy atom. The van der Waals surface area contributed by atoms with Gasteiger partial charge in [-0.1, -0.05) is 6.07 Å². The van der Waals surface area contributed by atoms with Crippen molar-refractivity contribution in [2.45, 2.75) is 17.7 Å². The molecule has 2 aromatic heterocycles. The number of aromatic nitrogens is 1. The summed E-state index contributed by atoms with van der Waals surface area (Å²) in [6.07, 6.45) is 1.75. The molecule has 2 heterocycles. The highest BCUT2D eigenvalue weighted by atomic mass is 32.2. The molecule has 2 aromatic rings. The molecule has 0 aliphatic heterocycles. The van der Waals surface area contributed by atoms with Crippen LogP contribution in [0.4, 0.5) is 0 Å². The van der Waals surface area contributed by atoms with Crippen LogP contribution in [-0.2, 0) is 5.75 Å². The van der Waals surface area contributed by atoms with Crippen LogP contribution >= 0.6 is 11.8 Å². The van der Waals surface area contributed by atoms with Crippen LogP contribution in [0.1, 0.15) is 21.9 Å². The van der Waals surface area contributed by atoms with Crippen molar-refractivity contribution in [2.24, 2.45) is 5.84 Å². The highest BCUT2D eigenvalue weighted by Gasteiger charge is 2.13. The number of hydrogen-bond donors (Lipinski definition) is 2. The van der Waals surface area contributed by atoms with Crippen molar-refractivity contribution in [3.05, 3.63) is 47.5 Å². The van der Waals surface area contributed by atoms with Gasteiger partial charge in [0.2, 0.25) is 0 Å². The topological polar surface area (TPSA) is 81.2 Å². The molecular formula is C12H13N3O2S. The predicted molar refractivity (Wildman–Crippen MR) is 68.9 cm³/mol. The first-order chi connectivity index (χ1) is 8.70. The molecule has 0 unspecified atom stereocenters. The number of hydrazine groups is 1. The second kappa shape index (κ2) is 5.70. The maximum atomic E-state index is 11.3. The predicted octanol–water partition coefficient (Wildman–Crippen LogP) is 1.88. The number of nitrogens with zero attached hydrogens (tertiary/aromatic N) is 1. The van der Waals surface area contributed by atoms with Gasteiger partial charge in [0.1, 0.15) is 5.76 Å². The van der Waals surface area contributed by atoms with E-state index in [1.807, 2.05) is 30.5 Å². The Balaban J connectivity index is 2.06. The number of aryl methyl sites for hydroxylation is 1. The average Bonchev–Trinajstić information content (AvgIpc) is 2.78. The molecule has 2 rings (SSSR count). The van der Waals surface area contributed by atoms with Crippen molar-refractivity contribution < 1.29 is 9.21 Å². The summed E-state index contributed by atoms with van der Waals surface area (Å²) in [6.45, 7) is 1.82. The van der Waals surface area contributed by atoms with E-state index in [0.717, 1.165) is 16.3 Å².